The first-order valence-corrected chi connectivity index (χ1v) is 6.52. The van der Waals surface area contributed by atoms with Crippen molar-refractivity contribution >= 4 is 29.3 Å². The first-order valence-electron chi connectivity index (χ1n) is 5.53. The van der Waals surface area contributed by atoms with Crippen molar-refractivity contribution in [3.05, 3.63) is 30.3 Å². The fraction of sp³-hybridized carbons (Fsp3) is 0.385. The van der Waals surface area contributed by atoms with Crippen molar-refractivity contribution in [2.75, 3.05) is 17.7 Å². The van der Waals surface area contributed by atoms with Crippen molar-refractivity contribution in [1.29, 1.82) is 0 Å². The minimum atomic E-state index is -0.951. The van der Waals surface area contributed by atoms with Gasteiger partial charge in [-0.1, -0.05) is 18.2 Å². The predicted molar refractivity (Wildman–Crippen MR) is 74.0 cm³/mol. The standard InChI is InChI=1S/C13H17NO3S/c1-13(2,12(16)17)18-9-11(15)14(3)10-7-5-4-6-8-10/h4-8H,9H2,1-3H3,(H,16,17). The number of amides is 1. The average Bonchev–Trinajstić information content (AvgIpc) is 2.36. The topological polar surface area (TPSA) is 57.6 Å². The van der Waals surface area contributed by atoms with E-state index in [0.29, 0.717) is 0 Å². The summed E-state index contributed by atoms with van der Waals surface area (Å²) in [7, 11) is 1.69. The zero-order valence-electron chi connectivity index (χ0n) is 10.7. The Morgan fingerprint density at radius 2 is 1.83 bits per heavy atom. The lowest BCUT2D eigenvalue weighted by Crippen LogP contribution is -2.33. The maximum absolute atomic E-state index is 11.9. The maximum atomic E-state index is 11.9. The Morgan fingerprint density at radius 1 is 1.28 bits per heavy atom. The van der Waals surface area contributed by atoms with Crippen molar-refractivity contribution in [3.8, 4) is 0 Å². The van der Waals surface area contributed by atoms with Crippen LogP contribution in [0.3, 0.4) is 0 Å². The van der Waals surface area contributed by atoms with Crippen molar-refractivity contribution in [3.63, 3.8) is 0 Å². The number of benzene rings is 1. The summed E-state index contributed by atoms with van der Waals surface area (Å²) in [5, 5.41) is 8.96. The van der Waals surface area contributed by atoms with E-state index in [1.54, 1.807) is 20.9 Å². The number of carbonyl (C=O) groups is 2. The van der Waals surface area contributed by atoms with Gasteiger partial charge < -0.3 is 10.0 Å². The van der Waals surface area contributed by atoms with Crippen LogP contribution in [0.25, 0.3) is 0 Å². The highest BCUT2D eigenvalue weighted by molar-refractivity contribution is 8.02. The smallest absolute Gasteiger partial charge is 0.319 e. The summed E-state index contributed by atoms with van der Waals surface area (Å²) in [6.45, 7) is 3.19. The van der Waals surface area contributed by atoms with E-state index in [0.717, 1.165) is 17.4 Å². The molecule has 0 bridgehead atoms. The molecule has 0 unspecified atom stereocenters. The molecule has 4 nitrogen and oxygen atoms in total. The molecule has 0 radical (unpaired) electrons. The minimum Gasteiger partial charge on any atom is -0.480 e. The molecular formula is C13H17NO3S. The fourth-order valence-corrected chi connectivity index (χ4v) is 2.00. The number of hydrogen-bond donors (Lipinski definition) is 1. The molecular weight excluding hydrogens is 250 g/mol. The molecule has 0 aliphatic rings. The summed E-state index contributed by atoms with van der Waals surface area (Å²) < 4.78 is -0.951. The Bertz CT molecular complexity index is 431. The predicted octanol–water partition coefficient (Wildman–Crippen LogP) is 2.25. The summed E-state index contributed by atoms with van der Waals surface area (Å²) in [6, 6.07) is 9.26. The molecule has 5 heteroatoms. The number of carboxylic acids is 1. The number of para-hydroxylation sites is 1. The summed E-state index contributed by atoms with van der Waals surface area (Å²) in [6.07, 6.45) is 0. The fourth-order valence-electron chi connectivity index (χ4n) is 1.20. The number of carboxylic acid groups (broad SMARTS) is 1. The van der Waals surface area contributed by atoms with Crippen LogP contribution in [0, 0.1) is 0 Å². The van der Waals surface area contributed by atoms with Gasteiger partial charge in [0.25, 0.3) is 0 Å². The largest absolute Gasteiger partial charge is 0.480 e. The molecule has 1 N–H and O–H groups in total. The second-order valence-corrected chi connectivity index (χ2v) is 5.99. The van der Waals surface area contributed by atoms with Gasteiger partial charge in [0, 0.05) is 12.7 Å². The molecule has 0 fully saturated rings. The van der Waals surface area contributed by atoms with Gasteiger partial charge in [0.2, 0.25) is 5.91 Å². The van der Waals surface area contributed by atoms with Gasteiger partial charge >= 0.3 is 5.97 Å². The molecule has 0 heterocycles. The summed E-state index contributed by atoms with van der Waals surface area (Å²) >= 11 is 1.13. The van der Waals surface area contributed by atoms with E-state index in [2.05, 4.69) is 0 Å². The first kappa shape index (κ1) is 14.6. The number of aliphatic carboxylic acids is 1. The zero-order valence-corrected chi connectivity index (χ0v) is 11.5. The van der Waals surface area contributed by atoms with E-state index in [9.17, 15) is 9.59 Å². The van der Waals surface area contributed by atoms with E-state index in [-0.39, 0.29) is 11.7 Å². The SMILES string of the molecule is CN(C(=O)CSC(C)(C)C(=O)O)c1ccccc1. The molecule has 0 atom stereocenters. The normalized spacial score (nSPS) is 11.1. The molecule has 0 aliphatic carbocycles. The Labute approximate surface area is 111 Å². The molecule has 0 aliphatic heterocycles. The summed E-state index contributed by atoms with van der Waals surface area (Å²) in [5.74, 6) is -0.881. The highest BCUT2D eigenvalue weighted by Gasteiger charge is 2.29. The van der Waals surface area contributed by atoms with E-state index < -0.39 is 10.7 Å². The quantitative estimate of drug-likeness (QED) is 0.889. The number of nitrogens with zero attached hydrogens (tertiary/aromatic N) is 1. The van der Waals surface area contributed by atoms with Crippen LogP contribution in [-0.2, 0) is 9.59 Å². The monoisotopic (exact) mass is 267 g/mol. The number of hydrogen-bond acceptors (Lipinski definition) is 3. The Kier molecular flexibility index (Phi) is 4.78. The molecule has 1 aromatic rings. The zero-order chi connectivity index (χ0) is 13.8. The number of carbonyl (C=O) groups excluding carboxylic acids is 1. The maximum Gasteiger partial charge on any atom is 0.319 e. The first-order chi connectivity index (χ1) is 8.34. The minimum absolute atomic E-state index is 0.111. The number of thioether (sulfide) groups is 1. The molecule has 0 saturated carbocycles. The van der Waals surface area contributed by atoms with E-state index in [1.165, 1.54) is 4.90 Å². The Hall–Kier alpha value is -1.49. The highest BCUT2D eigenvalue weighted by atomic mass is 32.2. The lowest BCUT2D eigenvalue weighted by atomic mass is 10.2. The summed E-state index contributed by atoms with van der Waals surface area (Å²) in [4.78, 5) is 24.4. The van der Waals surface area contributed by atoms with Crippen molar-refractivity contribution < 1.29 is 14.7 Å². The van der Waals surface area contributed by atoms with Gasteiger partial charge in [0.15, 0.2) is 0 Å². The second kappa shape index (κ2) is 5.91. The number of anilines is 1. The van der Waals surface area contributed by atoms with Crippen LogP contribution in [0.2, 0.25) is 0 Å². The van der Waals surface area contributed by atoms with Gasteiger partial charge in [-0.2, -0.15) is 0 Å². The molecule has 98 valence electrons. The second-order valence-electron chi connectivity index (χ2n) is 4.39. The molecule has 18 heavy (non-hydrogen) atoms. The van der Waals surface area contributed by atoms with Crippen LogP contribution in [0.4, 0.5) is 5.69 Å². The lowest BCUT2D eigenvalue weighted by Gasteiger charge is -2.21. The van der Waals surface area contributed by atoms with E-state index >= 15 is 0 Å². The van der Waals surface area contributed by atoms with Crippen molar-refractivity contribution in [2.24, 2.45) is 0 Å². The van der Waals surface area contributed by atoms with Gasteiger partial charge in [-0.15, -0.1) is 11.8 Å². The Balaban J connectivity index is 2.59. The van der Waals surface area contributed by atoms with Crippen LogP contribution < -0.4 is 4.90 Å². The van der Waals surface area contributed by atoms with Crippen LogP contribution >= 0.6 is 11.8 Å². The van der Waals surface area contributed by atoms with Gasteiger partial charge in [0.1, 0.15) is 4.75 Å². The van der Waals surface area contributed by atoms with Crippen LogP contribution in [-0.4, -0.2) is 34.5 Å². The van der Waals surface area contributed by atoms with Crippen molar-refractivity contribution in [1.82, 2.24) is 0 Å². The van der Waals surface area contributed by atoms with Gasteiger partial charge in [0.05, 0.1) is 5.75 Å². The molecule has 0 saturated heterocycles. The molecule has 0 spiro atoms. The molecule has 1 aromatic carbocycles. The number of rotatable bonds is 5. The van der Waals surface area contributed by atoms with E-state index in [1.807, 2.05) is 30.3 Å². The van der Waals surface area contributed by atoms with Crippen molar-refractivity contribution in [2.45, 2.75) is 18.6 Å². The van der Waals surface area contributed by atoms with Crippen LogP contribution in [0.1, 0.15) is 13.8 Å². The van der Waals surface area contributed by atoms with Crippen LogP contribution in [0.5, 0.6) is 0 Å². The van der Waals surface area contributed by atoms with Gasteiger partial charge in [-0.25, -0.2) is 0 Å². The summed E-state index contributed by atoms with van der Waals surface area (Å²) in [5.41, 5.74) is 0.802. The Morgan fingerprint density at radius 3 is 2.33 bits per heavy atom. The van der Waals surface area contributed by atoms with Gasteiger partial charge in [-0.05, 0) is 26.0 Å². The molecule has 0 aromatic heterocycles. The molecule has 1 amide bonds. The van der Waals surface area contributed by atoms with E-state index in [4.69, 9.17) is 5.11 Å². The average molecular weight is 267 g/mol. The molecule has 1 rings (SSSR count). The third kappa shape index (κ3) is 3.77. The highest BCUT2D eigenvalue weighted by Crippen LogP contribution is 2.25. The lowest BCUT2D eigenvalue weighted by molar-refractivity contribution is -0.138. The third-order valence-corrected chi connectivity index (χ3v) is 3.88. The third-order valence-electron chi connectivity index (χ3n) is 2.59. The van der Waals surface area contributed by atoms with Crippen LogP contribution in [0.15, 0.2) is 30.3 Å². The van der Waals surface area contributed by atoms with Gasteiger partial charge in [-0.3, -0.25) is 9.59 Å².